The van der Waals surface area contributed by atoms with E-state index in [9.17, 15) is 0 Å². The molecule has 102 valence electrons. The molecular formula is C15H20N2OS. The first-order valence-corrected chi connectivity index (χ1v) is 6.78. The number of hydrogen-bond donors (Lipinski definition) is 1. The largest absolute Gasteiger partial charge is 0.389 e. The molecule has 0 amide bonds. The van der Waals surface area contributed by atoms with Crippen LogP contribution < -0.4 is 5.73 Å². The van der Waals surface area contributed by atoms with Gasteiger partial charge in [-0.05, 0) is 32.4 Å². The summed E-state index contributed by atoms with van der Waals surface area (Å²) in [6.45, 7) is 5.10. The summed E-state index contributed by atoms with van der Waals surface area (Å²) in [5.74, 6) is 0. The monoisotopic (exact) mass is 276 g/mol. The van der Waals surface area contributed by atoms with E-state index in [2.05, 4.69) is 36.7 Å². The highest BCUT2D eigenvalue weighted by atomic mass is 32.1. The number of fused-ring (bicyclic) bond motifs is 1. The predicted octanol–water partition coefficient (Wildman–Crippen LogP) is 3.09. The fourth-order valence-electron chi connectivity index (χ4n) is 2.13. The number of methoxy groups -OCH3 is 1. The van der Waals surface area contributed by atoms with Gasteiger partial charge in [0.05, 0.1) is 5.60 Å². The molecule has 0 atom stereocenters. The predicted molar refractivity (Wildman–Crippen MR) is 83.5 cm³/mol. The van der Waals surface area contributed by atoms with Crippen molar-refractivity contribution >= 4 is 28.1 Å². The summed E-state index contributed by atoms with van der Waals surface area (Å²) >= 11 is 5.09. The number of nitrogens with zero attached hydrogens (tertiary/aromatic N) is 1. The number of nitrogens with two attached hydrogens (primary N) is 1. The summed E-state index contributed by atoms with van der Waals surface area (Å²) in [5.41, 5.74) is 7.75. The SMILES string of the molecule is COC(C)(C)CCn1ccc2c(C(N)=S)cccc21. The lowest BCUT2D eigenvalue weighted by atomic mass is 10.1. The fourth-order valence-corrected chi connectivity index (χ4v) is 2.30. The van der Waals surface area contributed by atoms with E-state index in [1.165, 1.54) is 0 Å². The van der Waals surface area contributed by atoms with E-state index in [1.54, 1.807) is 7.11 Å². The van der Waals surface area contributed by atoms with E-state index in [4.69, 9.17) is 22.7 Å². The Labute approximate surface area is 119 Å². The van der Waals surface area contributed by atoms with Gasteiger partial charge in [0.2, 0.25) is 0 Å². The van der Waals surface area contributed by atoms with Crippen molar-refractivity contribution in [3.05, 3.63) is 36.0 Å². The molecule has 0 saturated carbocycles. The minimum Gasteiger partial charge on any atom is -0.389 e. The Bertz CT molecular complexity index is 601. The molecule has 4 heteroatoms. The summed E-state index contributed by atoms with van der Waals surface area (Å²) < 4.78 is 7.68. The first-order valence-electron chi connectivity index (χ1n) is 6.37. The van der Waals surface area contributed by atoms with Gasteiger partial charge < -0.3 is 15.0 Å². The Kier molecular flexibility index (Phi) is 3.92. The maximum Gasteiger partial charge on any atom is 0.104 e. The molecule has 2 N–H and O–H groups in total. The summed E-state index contributed by atoms with van der Waals surface area (Å²) in [5, 5.41) is 1.12. The van der Waals surface area contributed by atoms with Crippen molar-refractivity contribution in [2.24, 2.45) is 5.73 Å². The second-order valence-electron chi connectivity index (χ2n) is 5.33. The zero-order valence-corrected chi connectivity index (χ0v) is 12.5. The summed E-state index contributed by atoms with van der Waals surface area (Å²) in [7, 11) is 1.75. The van der Waals surface area contributed by atoms with Crippen molar-refractivity contribution in [2.45, 2.75) is 32.4 Å². The van der Waals surface area contributed by atoms with E-state index in [-0.39, 0.29) is 5.60 Å². The highest BCUT2D eigenvalue weighted by Crippen LogP contribution is 2.22. The molecule has 0 radical (unpaired) electrons. The van der Waals surface area contributed by atoms with Crippen molar-refractivity contribution in [2.75, 3.05) is 7.11 Å². The molecule has 3 nitrogen and oxygen atoms in total. The second kappa shape index (κ2) is 5.31. The molecule has 2 rings (SSSR count). The molecule has 1 aromatic heterocycles. The Balaban J connectivity index is 2.31. The van der Waals surface area contributed by atoms with Crippen molar-refractivity contribution in [3.63, 3.8) is 0 Å². The fraction of sp³-hybridized carbons (Fsp3) is 0.400. The van der Waals surface area contributed by atoms with E-state index in [0.29, 0.717) is 4.99 Å². The average molecular weight is 276 g/mol. The normalized spacial score (nSPS) is 11.9. The smallest absolute Gasteiger partial charge is 0.104 e. The quantitative estimate of drug-likeness (QED) is 0.853. The van der Waals surface area contributed by atoms with Crippen LogP contribution in [0.15, 0.2) is 30.5 Å². The minimum atomic E-state index is -0.114. The molecule has 1 heterocycles. The lowest BCUT2D eigenvalue weighted by Gasteiger charge is -2.23. The molecule has 0 unspecified atom stereocenters. The third-order valence-corrected chi connectivity index (χ3v) is 3.81. The number of aromatic nitrogens is 1. The van der Waals surface area contributed by atoms with Gasteiger partial charge in [-0.25, -0.2) is 0 Å². The Morgan fingerprint density at radius 3 is 2.74 bits per heavy atom. The van der Waals surface area contributed by atoms with Gasteiger partial charge in [-0.1, -0.05) is 24.4 Å². The van der Waals surface area contributed by atoms with E-state index in [1.807, 2.05) is 12.1 Å². The summed E-state index contributed by atoms with van der Waals surface area (Å²) in [4.78, 5) is 0.445. The Hall–Kier alpha value is -1.39. The highest BCUT2D eigenvalue weighted by Gasteiger charge is 2.16. The van der Waals surface area contributed by atoms with E-state index < -0.39 is 0 Å². The summed E-state index contributed by atoms with van der Waals surface area (Å²) in [6.07, 6.45) is 3.03. The number of rotatable bonds is 5. The molecule has 1 aromatic carbocycles. The Morgan fingerprint density at radius 1 is 1.37 bits per heavy atom. The third-order valence-electron chi connectivity index (χ3n) is 3.59. The minimum absolute atomic E-state index is 0.114. The van der Waals surface area contributed by atoms with Crippen molar-refractivity contribution in [1.29, 1.82) is 0 Å². The average Bonchev–Trinajstić information content (AvgIpc) is 2.79. The second-order valence-corrected chi connectivity index (χ2v) is 5.77. The van der Waals surface area contributed by atoms with Crippen molar-refractivity contribution < 1.29 is 4.74 Å². The van der Waals surface area contributed by atoms with Gasteiger partial charge in [0, 0.05) is 36.3 Å². The topological polar surface area (TPSA) is 40.2 Å². The summed E-state index contributed by atoms with van der Waals surface area (Å²) in [6, 6.07) is 8.13. The molecule has 19 heavy (non-hydrogen) atoms. The van der Waals surface area contributed by atoms with Crippen LogP contribution in [0.2, 0.25) is 0 Å². The molecular weight excluding hydrogens is 256 g/mol. The van der Waals surface area contributed by atoms with Gasteiger partial charge in [0.1, 0.15) is 4.99 Å². The van der Waals surface area contributed by atoms with Crippen molar-refractivity contribution in [3.8, 4) is 0 Å². The lowest BCUT2D eigenvalue weighted by Crippen LogP contribution is -2.24. The third kappa shape index (κ3) is 2.96. The van der Waals surface area contributed by atoms with Gasteiger partial charge in [0.15, 0.2) is 0 Å². The molecule has 0 aliphatic carbocycles. The Morgan fingerprint density at radius 2 is 2.11 bits per heavy atom. The van der Waals surface area contributed by atoms with Crippen LogP contribution in [0.4, 0.5) is 0 Å². The molecule has 0 aliphatic rings. The number of ether oxygens (including phenoxy) is 1. The highest BCUT2D eigenvalue weighted by molar-refractivity contribution is 7.80. The zero-order valence-electron chi connectivity index (χ0n) is 11.6. The van der Waals surface area contributed by atoms with Gasteiger partial charge >= 0.3 is 0 Å². The van der Waals surface area contributed by atoms with Crippen LogP contribution in [0, 0.1) is 0 Å². The van der Waals surface area contributed by atoms with Crippen LogP contribution in [-0.2, 0) is 11.3 Å². The number of thiocarbonyl (C=S) groups is 1. The molecule has 0 aliphatic heterocycles. The van der Waals surface area contributed by atoms with Gasteiger partial charge in [-0.15, -0.1) is 0 Å². The van der Waals surface area contributed by atoms with Gasteiger partial charge in [0.25, 0.3) is 0 Å². The number of hydrogen-bond acceptors (Lipinski definition) is 2. The molecule has 0 fully saturated rings. The molecule has 0 spiro atoms. The molecule has 0 bridgehead atoms. The number of benzene rings is 1. The molecule has 2 aromatic rings. The van der Waals surface area contributed by atoms with Crippen LogP contribution >= 0.6 is 12.2 Å². The van der Waals surface area contributed by atoms with Gasteiger partial charge in [-0.2, -0.15) is 0 Å². The van der Waals surface area contributed by atoms with Crippen LogP contribution in [0.25, 0.3) is 10.9 Å². The maximum atomic E-state index is 5.76. The van der Waals surface area contributed by atoms with E-state index in [0.717, 1.165) is 29.4 Å². The van der Waals surface area contributed by atoms with E-state index >= 15 is 0 Å². The number of aryl methyl sites for hydroxylation is 1. The van der Waals surface area contributed by atoms with Crippen LogP contribution in [0.1, 0.15) is 25.8 Å². The maximum absolute atomic E-state index is 5.76. The van der Waals surface area contributed by atoms with Gasteiger partial charge in [-0.3, -0.25) is 0 Å². The first-order chi connectivity index (χ1) is 8.94. The lowest BCUT2D eigenvalue weighted by molar-refractivity contribution is 0.0123. The van der Waals surface area contributed by atoms with Crippen molar-refractivity contribution in [1.82, 2.24) is 4.57 Å². The van der Waals surface area contributed by atoms with Crippen LogP contribution in [0.3, 0.4) is 0 Å². The zero-order chi connectivity index (χ0) is 14.0. The standard InChI is InChI=1S/C15H20N2OS/c1-15(2,18-3)8-10-17-9-7-11-12(14(16)19)5-4-6-13(11)17/h4-7,9H,8,10H2,1-3H3,(H2,16,19). The molecule has 0 saturated heterocycles. The first kappa shape index (κ1) is 14.0. The van der Waals surface area contributed by atoms with Crippen LogP contribution in [0.5, 0.6) is 0 Å². The van der Waals surface area contributed by atoms with Crippen LogP contribution in [-0.4, -0.2) is 22.3 Å².